The maximum absolute atomic E-state index is 12.1. The smallest absolute Gasteiger partial charge is 0.128 e. The second-order valence-corrected chi connectivity index (χ2v) is 5.66. The molecule has 1 fully saturated rings. The number of nitrogens with zero attached hydrogens (tertiary/aromatic N) is 2. The molecule has 0 radical (unpaired) electrons. The van der Waals surface area contributed by atoms with E-state index in [1.54, 1.807) is 18.3 Å². The zero-order valence-electron chi connectivity index (χ0n) is 9.56. The molecule has 0 amide bonds. The van der Waals surface area contributed by atoms with E-state index >= 15 is 0 Å². The van der Waals surface area contributed by atoms with E-state index in [0.717, 1.165) is 25.9 Å². The van der Waals surface area contributed by atoms with E-state index < -0.39 is 10.8 Å². The van der Waals surface area contributed by atoms with Gasteiger partial charge in [-0.3, -0.25) is 4.21 Å². The molecule has 1 aromatic rings. The number of aromatic nitrogens is 1. The van der Waals surface area contributed by atoms with Crippen molar-refractivity contribution in [3.63, 3.8) is 0 Å². The van der Waals surface area contributed by atoms with Crippen molar-refractivity contribution in [2.75, 3.05) is 18.8 Å². The predicted octanol–water partition coefficient (Wildman–Crippen LogP) is 1.06. The van der Waals surface area contributed by atoms with E-state index in [2.05, 4.69) is 10.3 Å². The number of hydrogen-bond donors (Lipinski definition) is 1. The minimum Gasteiger partial charge on any atom is -0.316 e. The third kappa shape index (κ3) is 3.35. The lowest BCUT2D eigenvalue weighted by atomic mass is 10.0. The molecule has 2 rings (SSSR count). The van der Waals surface area contributed by atoms with E-state index in [0.29, 0.717) is 22.3 Å². The van der Waals surface area contributed by atoms with Gasteiger partial charge in [-0.05, 0) is 44.0 Å². The molecular weight excluding hydrogens is 234 g/mol. The minimum atomic E-state index is -1.10. The van der Waals surface area contributed by atoms with E-state index in [9.17, 15) is 4.21 Å². The lowest BCUT2D eigenvalue weighted by Crippen LogP contribution is -2.32. The maximum Gasteiger partial charge on any atom is 0.128 e. The van der Waals surface area contributed by atoms with Gasteiger partial charge in [0.2, 0.25) is 0 Å². The molecule has 0 aromatic carbocycles. The summed E-state index contributed by atoms with van der Waals surface area (Å²) in [6, 6.07) is 5.28. The van der Waals surface area contributed by atoms with E-state index in [1.807, 2.05) is 6.07 Å². The summed E-state index contributed by atoms with van der Waals surface area (Å²) in [6.45, 7) is 2.00. The lowest BCUT2D eigenvalue weighted by Gasteiger charge is -2.21. The van der Waals surface area contributed by atoms with Gasteiger partial charge in [-0.15, -0.1) is 0 Å². The normalized spacial score (nSPS) is 21.7. The van der Waals surface area contributed by atoms with Gasteiger partial charge in [-0.25, -0.2) is 4.98 Å². The van der Waals surface area contributed by atoms with Crippen molar-refractivity contribution in [2.24, 2.45) is 5.92 Å². The maximum atomic E-state index is 12.1. The Labute approximate surface area is 104 Å². The molecule has 1 aliphatic heterocycles. The highest BCUT2D eigenvalue weighted by molar-refractivity contribution is 7.84. The Morgan fingerprint density at radius 1 is 1.65 bits per heavy atom. The van der Waals surface area contributed by atoms with Crippen molar-refractivity contribution in [1.82, 2.24) is 10.3 Å². The number of rotatable bonds is 3. The lowest BCUT2D eigenvalue weighted by molar-refractivity contribution is 0.408. The van der Waals surface area contributed by atoms with Crippen LogP contribution in [0.15, 0.2) is 23.4 Å². The third-order valence-electron chi connectivity index (χ3n) is 2.88. The molecule has 2 heterocycles. The second kappa shape index (κ2) is 5.89. The largest absolute Gasteiger partial charge is 0.316 e. The summed E-state index contributed by atoms with van der Waals surface area (Å²) < 4.78 is 12.1. The molecule has 0 saturated carbocycles. The average molecular weight is 249 g/mol. The Morgan fingerprint density at radius 3 is 3.24 bits per heavy atom. The summed E-state index contributed by atoms with van der Waals surface area (Å²) in [5, 5.41) is 12.6. The van der Waals surface area contributed by atoms with Crippen LogP contribution in [0.2, 0.25) is 0 Å². The summed E-state index contributed by atoms with van der Waals surface area (Å²) in [4.78, 5) is 4.08. The molecule has 5 heteroatoms. The number of nitriles is 1. The first-order valence-corrected chi connectivity index (χ1v) is 7.07. The van der Waals surface area contributed by atoms with Crippen LogP contribution in [0, 0.1) is 17.2 Å². The second-order valence-electron chi connectivity index (χ2n) is 4.22. The van der Waals surface area contributed by atoms with Crippen LogP contribution >= 0.6 is 0 Å². The summed E-state index contributed by atoms with van der Waals surface area (Å²) in [5.74, 6) is 1.09. The first kappa shape index (κ1) is 12.2. The van der Waals surface area contributed by atoms with Crippen molar-refractivity contribution in [2.45, 2.75) is 17.9 Å². The summed E-state index contributed by atoms with van der Waals surface area (Å²) >= 11 is 0. The van der Waals surface area contributed by atoms with Gasteiger partial charge in [0.15, 0.2) is 0 Å². The van der Waals surface area contributed by atoms with Gasteiger partial charge < -0.3 is 5.32 Å². The van der Waals surface area contributed by atoms with Gasteiger partial charge >= 0.3 is 0 Å². The van der Waals surface area contributed by atoms with E-state index in [1.165, 1.54) is 0 Å². The first-order chi connectivity index (χ1) is 8.29. The fraction of sp³-hybridized carbons (Fsp3) is 0.500. The minimum absolute atomic E-state index is 0.456. The molecule has 4 nitrogen and oxygen atoms in total. The van der Waals surface area contributed by atoms with Crippen LogP contribution in [0.4, 0.5) is 0 Å². The number of nitrogens with one attached hydrogen (secondary N) is 1. The van der Waals surface area contributed by atoms with Crippen LogP contribution in [-0.2, 0) is 10.8 Å². The molecule has 0 spiro atoms. The summed E-state index contributed by atoms with van der Waals surface area (Å²) in [6.07, 6.45) is 3.81. The van der Waals surface area contributed by atoms with Gasteiger partial charge in [-0.1, -0.05) is 0 Å². The van der Waals surface area contributed by atoms with Crippen molar-refractivity contribution < 1.29 is 4.21 Å². The van der Waals surface area contributed by atoms with Crippen molar-refractivity contribution in [3.05, 3.63) is 23.9 Å². The van der Waals surface area contributed by atoms with Gasteiger partial charge in [0, 0.05) is 11.9 Å². The Balaban J connectivity index is 2.01. The van der Waals surface area contributed by atoms with Crippen LogP contribution in [0.1, 0.15) is 18.4 Å². The molecular formula is C12H15N3OS. The quantitative estimate of drug-likeness (QED) is 0.870. The predicted molar refractivity (Wildman–Crippen MR) is 65.8 cm³/mol. The van der Waals surface area contributed by atoms with Gasteiger partial charge in [0.05, 0.1) is 22.4 Å². The summed E-state index contributed by atoms with van der Waals surface area (Å²) in [7, 11) is -1.10. The van der Waals surface area contributed by atoms with Crippen LogP contribution in [0.5, 0.6) is 0 Å². The highest BCUT2D eigenvalue weighted by Crippen LogP contribution is 2.15. The Morgan fingerprint density at radius 2 is 2.53 bits per heavy atom. The molecule has 1 aliphatic rings. The average Bonchev–Trinajstić information content (AvgIpc) is 2.40. The molecule has 90 valence electrons. The molecule has 2 atom stereocenters. The standard InChI is InChI=1S/C12H15N3OS/c13-7-10-3-5-15-12(6-10)17(16)9-11-2-1-4-14-8-11/h3,5-6,11,14H,1-2,4,8-9H2/t11-,17+/m1/s1. The van der Waals surface area contributed by atoms with E-state index in [-0.39, 0.29) is 0 Å². The molecule has 1 N–H and O–H groups in total. The molecule has 17 heavy (non-hydrogen) atoms. The Bertz CT molecular complexity index is 449. The molecule has 1 aromatic heterocycles. The molecule has 0 aliphatic carbocycles. The molecule has 0 bridgehead atoms. The Kier molecular flexibility index (Phi) is 4.24. The zero-order chi connectivity index (χ0) is 12.1. The number of hydrogen-bond acceptors (Lipinski definition) is 4. The van der Waals surface area contributed by atoms with Crippen LogP contribution in [0.3, 0.4) is 0 Å². The van der Waals surface area contributed by atoms with Gasteiger partial charge in [0.25, 0.3) is 0 Å². The highest BCUT2D eigenvalue weighted by Gasteiger charge is 2.17. The van der Waals surface area contributed by atoms with Crippen molar-refractivity contribution >= 4 is 10.8 Å². The highest BCUT2D eigenvalue weighted by atomic mass is 32.2. The number of piperidine rings is 1. The van der Waals surface area contributed by atoms with Gasteiger partial charge in [0.1, 0.15) is 5.03 Å². The van der Waals surface area contributed by atoms with E-state index in [4.69, 9.17) is 5.26 Å². The molecule has 0 unspecified atom stereocenters. The van der Waals surface area contributed by atoms with Gasteiger partial charge in [-0.2, -0.15) is 5.26 Å². The number of pyridine rings is 1. The van der Waals surface area contributed by atoms with Crippen LogP contribution in [-0.4, -0.2) is 28.0 Å². The summed E-state index contributed by atoms with van der Waals surface area (Å²) in [5.41, 5.74) is 0.519. The van der Waals surface area contributed by atoms with Crippen LogP contribution in [0.25, 0.3) is 0 Å². The fourth-order valence-corrected chi connectivity index (χ4v) is 3.29. The SMILES string of the molecule is N#Cc1ccnc([S@@](=O)C[C@@H]2CCCNC2)c1. The zero-order valence-corrected chi connectivity index (χ0v) is 10.4. The Hall–Kier alpha value is -1.25. The van der Waals surface area contributed by atoms with Crippen molar-refractivity contribution in [3.8, 4) is 6.07 Å². The van der Waals surface area contributed by atoms with Crippen molar-refractivity contribution in [1.29, 1.82) is 5.26 Å². The monoisotopic (exact) mass is 249 g/mol. The van der Waals surface area contributed by atoms with Crippen LogP contribution < -0.4 is 5.32 Å². The topological polar surface area (TPSA) is 65.8 Å². The first-order valence-electron chi connectivity index (χ1n) is 5.75. The molecule has 1 saturated heterocycles. The third-order valence-corrected chi connectivity index (χ3v) is 4.35. The fourth-order valence-electron chi connectivity index (χ4n) is 1.97.